The zero-order valence-corrected chi connectivity index (χ0v) is 9.10. The molecule has 3 N–H and O–H groups in total. The molecule has 1 aromatic carbocycles. The molecule has 1 aromatic rings. The van der Waals surface area contributed by atoms with E-state index in [0.717, 1.165) is 0 Å². The van der Waals surface area contributed by atoms with Crippen molar-refractivity contribution in [2.45, 2.75) is 20.0 Å². The molecule has 0 aromatic heterocycles. The van der Waals surface area contributed by atoms with Crippen LogP contribution in [0.2, 0.25) is 0 Å². The Hall–Kier alpha value is -1.75. The van der Waals surface area contributed by atoms with E-state index in [1.165, 1.54) is 12.1 Å². The molecule has 16 heavy (non-hydrogen) atoms. The van der Waals surface area contributed by atoms with Crippen LogP contribution in [0.5, 0.6) is 11.5 Å². The first-order valence-electron chi connectivity index (χ1n) is 4.85. The van der Waals surface area contributed by atoms with Gasteiger partial charge in [-0.25, -0.2) is 4.79 Å². The van der Waals surface area contributed by atoms with Crippen molar-refractivity contribution in [2.75, 3.05) is 6.61 Å². The molecule has 0 amide bonds. The van der Waals surface area contributed by atoms with E-state index in [2.05, 4.69) is 4.74 Å². The predicted molar refractivity (Wildman–Crippen MR) is 56.1 cm³/mol. The van der Waals surface area contributed by atoms with E-state index in [1.807, 2.05) is 0 Å². The fourth-order valence-electron chi connectivity index (χ4n) is 1.26. The van der Waals surface area contributed by atoms with E-state index in [-0.39, 0.29) is 17.9 Å². The molecule has 88 valence electrons. The molecular formula is C11H14O5. The molecule has 0 spiro atoms. The van der Waals surface area contributed by atoms with Gasteiger partial charge in [0.1, 0.15) is 0 Å². The summed E-state index contributed by atoms with van der Waals surface area (Å²) in [6.45, 7) is 3.33. The molecule has 0 aliphatic heterocycles. The Morgan fingerprint density at radius 2 is 2.00 bits per heavy atom. The fraction of sp³-hybridized carbons (Fsp3) is 0.364. The maximum Gasteiger partial charge on any atom is 0.339 e. The standard InChI is InChI=1S/C11H14O5/c1-3-16-11(15)10(14)7-5-4-6(2)8(12)9(7)13/h4-5,10,12-14H,3H2,1-2H3. The van der Waals surface area contributed by atoms with Crippen LogP contribution in [0.3, 0.4) is 0 Å². The van der Waals surface area contributed by atoms with Gasteiger partial charge in [-0.1, -0.05) is 12.1 Å². The number of esters is 1. The second-order valence-corrected chi connectivity index (χ2v) is 3.32. The first-order valence-corrected chi connectivity index (χ1v) is 4.85. The molecule has 1 unspecified atom stereocenters. The van der Waals surface area contributed by atoms with Gasteiger partial charge in [0, 0.05) is 5.56 Å². The lowest BCUT2D eigenvalue weighted by Gasteiger charge is -2.13. The summed E-state index contributed by atoms with van der Waals surface area (Å²) in [6, 6.07) is 2.86. The van der Waals surface area contributed by atoms with Gasteiger partial charge >= 0.3 is 5.97 Å². The molecule has 1 rings (SSSR count). The molecule has 5 heteroatoms. The Kier molecular flexibility index (Phi) is 3.73. The average Bonchev–Trinajstić information content (AvgIpc) is 2.26. The van der Waals surface area contributed by atoms with Crippen molar-refractivity contribution in [1.29, 1.82) is 0 Å². The number of aliphatic hydroxyl groups excluding tert-OH is 1. The highest BCUT2D eigenvalue weighted by molar-refractivity contribution is 5.77. The summed E-state index contributed by atoms with van der Waals surface area (Å²) in [5.41, 5.74) is 0.388. The minimum atomic E-state index is -1.59. The Labute approximate surface area is 92.9 Å². The number of ether oxygens (including phenoxy) is 1. The molecule has 1 atom stereocenters. The summed E-state index contributed by atoms with van der Waals surface area (Å²) >= 11 is 0. The molecule has 0 fully saturated rings. The first kappa shape index (κ1) is 12.3. The van der Waals surface area contributed by atoms with Crippen molar-refractivity contribution in [3.8, 4) is 11.5 Å². The first-order chi connectivity index (χ1) is 7.49. The summed E-state index contributed by atoms with van der Waals surface area (Å²) in [6.07, 6.45) is -1.59. The molecular weight excluding hydrogens is 212 g/mol. The second-order valence-electron chi connectivity index (χ2n) is 3.32. The van der Waals surface area contributed by atoms with Crippen LogP contribution in [0, 0.1) is 6.92 Å². The van der Waals surface area contributed by atoms with Gasteiger partial charge in [-0.05, 0) is 19.4 Å². The predicted octanol–water partition coefficient (Wildman–Crippen LogP) is 1.00. The van der Waals surface area contributed by atoms with Crippen molar-refractivity contribution >= 4 is 5.97 Å². The quantitative estimate of drug-likeness (QED) is 0.528. The molecule has 5 nitrogen and oxygen atoms in total. The molecule has 0 aliphatic carbocycles. The van der Waals surface area contributed by atoms with Crippen LogP contribution in [0.15, 0.2) is 12.1 Å². The molecule has 0 radical (unpaired) electrons. The van der Waals surface area contributed by atoms with Gasteiger partial charge < -0.3 is 20.1 Å². The normalized spacial score (nSPS) is 12.2. The van der Waals surface area contributed by atoms with Crippen LogP contribution >= 0.6 is 0 Å². The molecule has 0 aliphatic rings. The third-order valence-electron chi connectivity index (χ3n) is 2.19. The minimum absolute atomic E-state index is 0.0680. The van der Waals surface area contributed by atoms with Gasteiger partial charge in [0.25, 0.3) is 0 Å². The Balaban J connectivity index is 3.05. The maximum atomic E-state index is 11.2. The van der Waals surface area contributed by atoms with Gasteiger partial charge in [-0.3, -0.25) is 0 Å². The molecule has 0 saturated heterocycles. The SMILES string of the molecule is CCOC(=O)C(O)c1ccc(C)c(O)c1O. The highest BCUT2D eigenvalue weighted by atomic mass is 16.5. The van der Waals surface area contributed by atoms with E-state index in [9.17, 15) is 20.1 Å². The number of phenols is 2. The fourth-order valence-corrected chi connectivity index (χ4v) is 1.26. The van der Waals surface area contributed by atoms with Crippen LogP contribution in [0.25, 0.3) is 0 Å². The minimum Gasteiger partial charge on any atom is -0.504 e. The number of aromatic hydroxyl groups is 2. The van der Waals surface area contributed by atoms with E-state index in [4.69, 9.17) is 0 Å². The summed E-state index contributed by atoms with van der Waals surface area (Å²) in [7, 11) is 0. The monoisotopic (exact) mass is 226 g/mol. The van der Waals surface area contributed by atoms with Gasteiger partial charge in [0.2, 0.25) is 0 Å². The van der Waals surface area contributed by atoms with Crippen LogP contribution < -0.4 is 0 Å². The number of carbonyl (C=O) groups excluding carboxylic acids is 1. The number of rotatable bonds is 3. The summed E-state index contributed by atoms with van der Waals surface area (Å²) in [5, 5.41) is 28.6. The summed E-state index contributed by atoms with van der Waals surface area (Å²) in [4.78, 5) is 11.2. The second kappa shape index (κ2) is 4.85. The lowest BCUT2D eigenvalue weighted by molar-refractivity contribution is -0.153. The van der Waals surface area contributed by atoms with E-state index < -0.39 is 17.8 Å². The highest BCUT2D eigenvalue weighted by Gasteiger charge is 2.23. The van der Waals surface area contributed by atoms with Gasteiger partial charge in [0.05, 0.1) is 6.61 Å². The largest absolute Gasteiger partial charge is 0.504 e. The third-order valence-corrected chi connectivity index (χ3v) is 2.19. The van der Waals surface area contributed by atoms with Crippen LogP contribution in [-0.4, -0.2) is 27.9 Å². The van der Waals surface area contributed by atoms with Gasteiger partial charge in [-0.15, -0.1) is 0 Å². The summed E-state index contributed by atoms with van der Waals surface area (Å²) < 4.78 is 4.60. The number of hydrogen-bond donors (Lipinski definition) is 3. The molecule has 0 bridgehead atoms. The van der Waals surface area contributed by atoms with E-state index in [0.29, 0.717) is 5.56 Å². The van der Waals surface area contributed by atoms with Crippen LogP contribution in [0.4, 0.5) is 0 Å². The number of phenolic OH excluding ortho intramolecular Hbond substituents is 2. The van der Waals surface area contributed by atoms with Crippen LogP contribution in [0.1, 0.15) is 24.2 Å². The van der Waals surface area contributed by atoms with Crippen molar-refractivity contribution in [1.82, 2.24) is 0 Å². The topological polar surface area (TPSA) is 87.0 Å². The smallest absolute Gasteiger partial charge is 0.339 e. The summed E-state index contributed by atoms with van der Waals surface area (Å²) in [5.74, 6) is -1.71. The van der Waals surface area contributed by atoms with Crippen molar-refractivity contribution in [3.63, 3.8) is 0 Å². The van der Waals surface area contributed by atoms with Crippen LogP contribution in [-0.2, 0) is 9.53 Å². The maximum absolute atomic E-state index is 11.2. The third kappa shape index (κ3) is 2.25. The van der Waals surface area contributed by atoms with Gasteiger partial charge in [0.15, 0.2) is 17.6 Å². The zero-order valence-electron chi connectivity index (χ0n) is 9.10. The Morgan fingerprint density at radius 3 is 2.56 bits per heavy atom. The zero-order chi connectivity index (χ0) is 12.3. The van der Waals surface area contributed by atoms with E-state index in [1.54, 1.807) is 13.8 Å². The number of hydrogen-bond acceptors (Lipinski definition) is 5. The average molecular weight is 226 g/mol. The Morgan fingerprint density at radius 1 is 1.38 bits per heavy atom. The molecule has 0 saturated carbocycles. The number of carbonyl (C=O) groups is 1. The lowest BCUT2D eigenvalue weighted by atomic mass is 10.0. The van der Waals surface area contributed by atoms with Gasteiger partial charge in [-0.2, -0.15) is 0 Å². The van der Waals surface area contributed by atoms with Crippen molar-refractivity contribution in [2.24, 2.45) is 0 Å². The Bertz CT molecular complexity index is 400. The van der Waals surface area contributed by atoms with E-state index >= 15 is 0 Å². The number of benzene rings is 1. The lowest BCUT2D eigenvalue weighted by Crippen LogP contribution is -2.15. The number of aryl methyl sites for hydroxylation is 1. The van der Waals surface area contributed by atoms with Crippen molar-refractivity contribution in [3.05, 3.63) is 23.3 Å². The molecule has 0 heterocycles. The highest BCUT2D eigenvalue weighted by Crippen LogP contribution is 2.35. The number of aliphatic hydroxyl groups is 1. The van der Waals surface area contributed by atoms with Crippen molar-refractivity contribution < 1.29 is 24.9 Å².